The van der Waals surface area contributed by atoms with Gasteiger partial charge in [0.15, 0.2) is 11.6 Å². The Morgan fingerprint density at radius 1 is 0.674 bits per heavy atom. The molecule has 3 aromatic rings. The number of aromatic nitrogens is 4. The minimum Gasteiger partial charge on any atom is -0.469 e. The Bertz CT molecular complexity index is 1800. The lowest BCUT2D eigenvalue weighted by atomic mass is 9.79. The Morgan fingerprint density at radius 3 is 1.41 bits per heavy atom. The molecule has 2 atom stereocenters. The van der Waals surface area contributed by atoms with Crippen LogP contribution in [0.5, 0.6) is 0 Å². The van der Waals surface area contributed by atoms with Gasteiger partial charge in [-0.1, -0.05) is 13.8 Å². The molecule has 242 valence electrons. The van der Waals surface area contributed by atoms with Gasteiger partial charge in [-0.15, -0.1) is 0 Å². The highest BCUT2D eigenvalue weighted by Crippen LogP contribution is 2.38. The fourth-order valence-corrected chi connectivity index (χ4v) is 6.41. The van der Waals surface area contributed by atoms with Gasteiger partial charge in [0.1, 0.15) is 11.4 Å². The predicted octanol–water partition coefficient (Wildman–Crippen LogP) is 6.24. The molecule has 0 fully saturated rings. The molecule has 10 heteroatoms. The Hall–Kier alpha value is -4.60. The molecule has 0 saturated heterocycles. The topological polar surface area (TPSA) is 144 Å². The van der Waals surface area contributed by atoms with E-state index in [0.717, 1.165) is 44.3 Å². The molecule has 0 spiro atoms. The number of hydrogen-bond donors (Lipinski definition) is 2. The van der Waals surface area contributed by atoms with E-state index in [4.69, 9.17) is 19.4 Å². The van der Waals surface area contributed by atoms with Crippen LogP contribution in [0.3, 0.4) is 0 Å². The first-order valence-electron chi connectivity index (χ1n) is 15.8. The smallest absolute Gasteiger partial charge is 0.305 e. The number of aryl methyl sites for hydroxylation is 4. The first-order chi connectivity index (χ1) is 21.8. The second kappa shape index (κ2) is 12.3. The van der Waals surface area contributed by atoms with E-state index in [2.05, 4.69) is 9.97 Å². The Morgan fingerprint density at radius 2 is 1.07 bits per heavy atom. The van der Waals surface area contributed by atoms with E-state index >= 15 is 0 Å². The number of hydrogen-bond acceptors (Lipinski definition) is 8. The third-order valence-corrected chi connectivity index (χ3v) is 10.1. The van der Waals surface area contributed by atoms with E-state index in [1.54, 1.807) is 0 Å². The van der Waals surface area contributed by atoms with Crippen molar-refractivity contribution in [3.8, 4) is 0 Å². The van der Waals surface area contributed by atoms with Crippen LogP contribution >= 0.6 is 0 Å². The van der Waals surface area contributed by atoms with Crippen molar-refractivity contribution in [1.82, 2.24) is 19.9 Å². The predicted molar refractivity (Wildman–Crippen MR) is 175 cm³/mol. The fraction of sp³-hybridized carbons (Fsp3) is 0.444. The molecule has 2 unspecified atom stereocenters. The summed E-state index contributed by atoms with van der Waals surface area (Å²) in [5, 5.41) is 0. The zero-order valence-electron chi connectivity index (χ0n) is 27.9. The molecule has 10 nitrogen and oxygen atoms in total. The normalized spacial score (nSPS) is 19.4. The van der Waals surface area contributed by atoms with E-state index in [0.29, 0.717) is 37.1 Å². The fourth-order valence-electron chi connectivity index (χ4n) is 6.41. The lowest BCUT2D eigenvalue weighted by molar-refractivity contribution is -0.141. The Labute approximate surface area is 268 Å². The number of nitrogens with zero attached hydrogens (tertiary/aromatic N) is 2. The molecule has 0 radical (unpaired) electrons. The lowest BCUT2D eigenvalue weighted by Crippen LogP contribution is -2.28. The Balaban J connectivity index is 1.94. The van der Waals surface area contributed by atoms with Crippen molar-refractivity contribution < 1.29 is 28.7 Å². The number of nitrogens with one attached hydrogen (secondary N) is 2. The highest BCUT2D eigenvalue weighted by atomic mass is 16.5. The number of H-pyrrole nitrogens is 2. The Kier molecular flexibility index (Phi) is 8.77. The maximum atomic E-state index is 13.8. The number of fused-ring (bicyclic) bond motifs is 8. The van der Waals surface area contributed by atoms with Gasteiger partial charge < -0.3 is 19.4 Å². The van der Waals surface area contributed by atoms with Crippen molar-refractivity contribution in [3.05, 3.63) is 69.3 Å². The largest absolute Gasteiger partial charge is 0.469 e. The van der Waals surface area contributed by atoms with Crippen LogP contribution in [0.1, 0.15) is 108 Å². The molecule has 0 saturated carbocycles. The molecule has 5 rings (SSSR count). The highest BCUT2D eigenvalue weighted by Gasteiger charge is 2.44. The second-order valence-corrected chi connectivity index (χ2v) is 12.6. The van der Waals surface area contributed by atoms with Crippen LogP contribution in [0.2, 0.25) is 0 Å². The summed E-state index contributed by atoms with van der Waals surface area (Å²) in [6.45, 7) is 11.6. The van der Waals surface area contributed by atoms with E-state index in [9.17, 15) is 19.2 Å². The first kappa shape index (κ1) is 32.8. The van der Waals surface area contributed by atoms with Crippen LogP contribution in [0.4, 0.5) is 0 Å². The summed E-state index contributed by atoms with van der Waals surface area (Å²) >= 11 is 0. The molecular weight excluding hydrogens is 584 g/mol. The summed E-state index contributed by atoms with van der Waals surface area (Å²) < 4.78 is 9.87. The van der Waals surface area contributed by atoms with Gasteiger partial charge in [0.2, 0.25) is 0 Å². The summed E-state index contributed by atoms with van der Waals surface area (Å²) in [7, 11) is 2.74. The number of ketones is 2. The van der Waals surface area contributed by atoms with Gasteiger partial charge >= 0.3 is 11.9 Å². The number of Topliss-reactive ketones (excluding diaryl/α,β-unsaturated/α-hetero) is 2. The van der Waals surface area contributed by atoms with Crippen LogP contribution in [-0.2, 0) is 42.7 Å². The lowest BCUT2D eigenvalue weighted by Gasteiger charge is -2.19. The van der Waals surface area contributed by atoms with Crippen LogP contribution in [0.25, 0.3) is 22.1 Å². The quantitative estimate of drug-likeness (QED) is 0.280. The summed E-state index contributed by atoms with van der Waals surface area (Å²) in [5.74, 6) is -0.942. The third kappa shape index (κ3) is 5.43. The number of ether oxygens (including phenoxy) is 2. The maximum Gasteiger partial charge on any atom is 0.305 e. The number of carbonyl (C=O) groups excluding carboxylic acids is 4. The average Bonchev–Trinajstić information content (AvgIpc) is 3.67. The van der Waals surface area contributed by atoms with Crippen molar-refractivity contribution in [2.75, 3.05) is 14.2 Å². The van der Waals surface area contributed by atoms with Gasteiger partial charge in [-0.05, 0) is 99.9 Å². The third-order valence-electron chi connectivity index (χ3n) is 10.1. The molecule has 5 heterocycles. The maximum absolute atomic E-state index is 13.8. The van der Waals surface area contributed by atoms with Gasteiger partial charge in [-0.2, -0.15) is 0 Å². The first-order valence-corrected chi connectivity index (χ1v) is 15.8. The molecule has 0 aromatic carbocycles. The number of carbonyl (C=O) groups is 4. The van der Waals surface area contributed by atoms with Gasteiger partial charge in [-0.3, -0.25) is 19.2 Å². The number of methoxy groups -OCH3 is 2. The van der Waals surface area contributed by atoms with E-state index < -0.39 is 10.8 Å². The van der Waals surface area contributed by atoms with Crippen LogP contribution in [-0.4, -0.2) is 57.7 Å². The minimum atomic E-state index is -0.894. The van der Waals surface area contributed by atoms with Crippen molar-refractivity contribution in [3.63, 3.8) is 0 Å². The van der Waals surface area contributed by atoms with Gasteiger partial charge in [-0.25, -0.2) is 9.97 Å². The van der Waals surface area contributed by atoms with E-state index in [-0.39, 0.29) is 47.7 Å². The molecule has 0 aliphatic carbocycles. The summed E-state index contributed by atoms with van der Waals surface area (Å²) in [6.07, 6.45) is 2.26. The van der Waals surface area contributed by atoms with Gasteiger partial charge in [0, 0.05) is 34.9 Å². The van der Waals surface area contributed by atoms with Crippen LogP contribution < -0.4 is 0 Å². The SMILES string of the molecule is CCC1(C)C(=O)c2cc3nc(cc4[nH]c(cc5[nH]c(cc1n2)c(C)c5CCC(=O)OC)c(CCC(=O)OC)c4C)C(C)(CC)C3=O. The average molecular weight is 627 g/mol. The molecule has 0 amide bonds. The van der Waals surface area contributed by atoms with Gasteiger partial charge in [0.25, 0.3) is 0 Å². The number of aromatic amines is 2. The zero-order chi connectivity index (χ0) is 33.6. The number of esters is 2. The van der Waals surface area contributed by atoms with Gasteiger partial charge in [0.05, 0.1) is 36.4 Å². The molecule has 2 N–H and O–H groups in total. The standard InChI is InChI=1S/C36H42N4O6/c1-9-35(5)29-17-23-19(3)21(11-13-31(41)45-7)25(37-23)15-26-22(12-14-32(42)46-8)20(4)24(38-26)18-30-36(6,10-2)34(44)28(40-30)16-27(39-29)33(35)43/h15-18,37-38H,9-14H2,1-8H3. The summed E-state index contributed by atoms with van der Waals surface area (Å²) in [6, 6.07) is 7.32. The summed E-state index contributed by atoms with van der Waals surface area (Å²) in [5.41, 5.74) is 6.61. The molecule has 2 aliphatic rings. The summed E-state index contributed by atoms with van der Waals surface area (Å²) in [4.78, 5) is 68.7. The van der Waals surface area contributed by atoms with E-state index in [1.165, 1.54) is 20.3 Å². The molecule has 8 bridgehead atoms. The minimum absolute atomic E-state index is 0.154. The number of rotatable bonds is 8. The van der Waals surface area contributed by atoms with Crippen molar-refractivity contribution >= 4 is 45.6 Å². The molecule has 46 heavy (non-hydrogen) atoms. The second-order valence-electron chi connectivity index (χ2n) is 12.6. The van der Waals surface area contributed by atoms with Crippen molar-refractivity contribution in [1.29, 1.82) is 0 Å². The molecule has 2 aliphatic heterocycles. The van der Waals surface area contributed by atoms with E-state index in [1.807, 2.05) is 59.7 Å². The van der Waals surface area contributed by atoms with Crippen LogP contribution in [0, 0.1) is 13.8 Å². The molecule has 3 aromatic heterocycles. The zero-order valence-corrected chi connectivity index (χ0v) is 27.9. The monoisotopic (exact) mass is 626 g/mol. The highest BCUT2D eigenvalue weighted by molar-refractivity contribution is 6.08. The van der Waals surface area contributed by atoms with Crippen molar-refractivity contribution in [2.24, 2.45) is 0 Å². The molecular formula is C36H42N4O6. The van der Waals surface area contributed by atoms with Crippen molar-refractivity contribution in [2.45, 2.75) is 90.9 Å². The van der Waals surface area contributed by atoms with Crippen LogP contribution in [0.15, 0.2) is 24.3 Å².